The molecule has 150 valence electrons. The van der Waals surface area contributed by atoms with Crippen molar-refractivity contribution in [3.63, 3.8) is 0 Å². The van der Waals surface area contributed by atoms with Crippen LogP contribution < -0.4 is 9.80 Å². The van der Waals surface area contributed by atoms with Crippen LogP contribution in [-0.2, 0) is 9.59 Å². The molecule has 0 atom stereocenters. The van der Waals surface area contributed by atoms with Crippen molar-refractivity contribution >= 4 is 28.8 Å². The van der Waals surface area contributed by atoms with E-state index in [1.807, 2.05) is 68.4 Å². The first-order valence-electron chi connectivity index (χ1n) is 9.80. The summed E-state index contributed by atoms with van der Waals surface area (Å²) in [5.41, 5.74) is 2.93. The standard InChI is InChI=1S/C25H21FN2O2/c1-3-27(19-9-5-4-6-10-19)23-22(18-15-13-17(2)14-16-18)24(29)28(25(23)30)21-12-8-7-11-20(21)26/h4-16H,3H2,1-2H3. The van der Waals surface area contributed by atoms with E-state index in [2.05, 4.69) is 0 Å². The van der Waals surface area contributed by atoms with E-state index < -0.39 is 17.6 Å². The first kappa shape index (κ1) is 19.6. The van der Waals surface area contributed by atoms with Gasteiger partial charge >= 0.3 is 0 Å². The fraction of sp³-hybridized carbons (Fsp3) is 0.120. The molecule has 0 N–H and O–H groups in total. The van der Waals surface area contributed by atoms with Gasteiger partial charge in [0.1, 0.15) is 11.5 Å². The summed E-state index contributed by atoms with van der Waals surface area (Å²) < 4.78 is 14.5. The summed E-state index contributed by atoms with van der Waals surface area (Å²) in [7, 11) is 0. The van der Waals surface area contributed by atoms with Gasteiger partial charge in [0, 0.05) is 12.2 Å². The predicted molar refractivity (Wildman–Crippen MR) is 116 cm³/mol. The summed E-state index contributed by atoms with van der Waals surface area (Å²) in [6.45, 7) is 4.34. The molecule has 2 amide bonds. The van der Waals surface area contributed by atoms with Crippen LogP contribution >= 0.6 is 0 Å². The number of aryl methyl sites for hydroxylation is 1. The van der Waals surface area contributed by atoms with Crippen molar-refractivity contribution in [3.05, 3.63) is 102 Å². The maximum Gasteiger partial charge on any atom is 0.282 e. The van der Waals surface area contributed by atoms with E-state index in [4.69, 9.17) is 0 Å². The highest BCUT2D eigenvalue weighted by atomic mass is 19.1. The van der Waals surface area contributed by atoms with Crippen molar-refractivity contribution in [2.24, 2.45) is 0 Å². The van der Waals surface area contributed by atoms with E-state index in [0.29, 0.717) is 12.1 Å². The van der Waals surface area contributed by atoms with Crippen molar-refractivity contribution < 1.29 is 14.0 Å². The normalized spacial score (nSPS) is 13.9. The monoisotopic (exact) mass is 400 g/mol. The molecule has 0 spiro atoms. The molecule has 0 unspecified atom stereocenters. The summed E-state index contributed by atoms with van der Waals surface area (Å²) in [6.07, 6.45) is 0. The second kappa shape index (κ2) is 7.95. The Morgan fingerprint density at radius 2 is 1.47 bits per heavy atom. The Hall–Kier alpha value is -3.73. The average Bonchev–Trinajstić information content (AvgIpc) is 3.01. The van der Waals surface area contributed by atoms with Crippen molar-refractivity contribution in [2.45, 2.75) is 13.8 Å². The predicted octanol–water partition coefficient (Wildman–Crippen LogP) is 4.95. The second-order valence-corrected chi connectivity index (χ2v) is 7.07. The van der Waals surface area contributed by atoms with Gasteiger partial charge in [-0.1, -0.05) is 60.2 Å². The molecule has 3 aromatic carbocycles. The lowest BCUT2D eigenvalue weighted by atomic mass is 10.0. The lowest BCUT2D eigenvalue weighted by Gasteiger charge is -2.25. The SMILES string of the molecule is CCN(C1=C(c2ccc(C)cc2)C(=O)N(c2ccccc2F)C1=O)c1ccccc1. The Bertz CT molecular complexity index is 1140. The van der Waals surface area contributed by atoms with Crippen molar-refractivity contribution in [1.82, 2.24) is 0 Å². The van der Waals surface area contributed by atoms with Gasteiger partial charge in [0.25, 0.3) is 11.8 Å². The van der Waals surface area contributed by atoms with E-state index in [1.54, 1.807) is 11.0 Å². The second-order valence-electron chi connectivity index (χ2n) is 7.07. The lowest BCUT2D eigenvalue weighted by Crippen LogP contribution is -2.35. The van der Waals surface area contributed by atoms with Gasteiger partial charge in [-0.05, 0) is 43.7 Å². The van der Waals surface area contributed by atoms with E-state index in [9.17, 15) is 14.0 Å². The number of imide groups is 1. The third kappa shape index (κ3) is 3.28. The lowest BCUT2D eigenvalue weighted by molar-refractivity contribution is -0.120. The van der Waals surface area contributed by atoms with E-state index in [0.717, 1.165) is 16.2 Å². The van der Waals surface area contributed by atoms with Crippen LogP contribution in [0.25, 0.3) is 5.57 Å². The molecule has 5 heteroatoms. The first-order chi connectivity index (χ1) is 14.5. The zero-order valence-corrected chi connectivity index (χ0v) is 16.8. The number of para-hydroxylation sites is 2. The van der Waals surface area contributed by atoms with Crippen LogP contribution in [0.5, 0.6) is 0 Å². The van der Waals surface area contributed by atoms with E-state index in [-0.39, 0.29) is 17.0 Å². The topological polar surface area (TPSA) is 40.6 Å². The Morgan fingerprint density at radius 1 is 0.833 bits per heavy atom. The van der Waals surface area contributed by atoms with Crippen LogP contribution in [-0.4, -0.2) is 18.4 Å². The molecule has 3 aromatic rings. The number of anilines is 2. The molecule has 1 aliphatic heterocycles. The maximum absolute atomic E-state index is 14.5. The number of halogens is 1. The zero-order chi connectivity index (χ0) is 21.3. The fourth-order valence-electron chi connectivity index (χ4n) is 3.68. The molecule has 1 aliphatic rings. The minimum atomic E-state index is -0.619. The first-order valence-corrected chi connectivity index (χ1v) is 9.80. The Kier molecular flexibility index (Phi) is 5.19. The third-order valence-electron chi connectivity index (χ3n) is 5.15. The molecule has 4 rings (SSSR count). The van der Waals surface area contributed by atoms with Crippen molar-refractivity contribution in [3.8, 4) is 0 Å². The molecule has 4 nitrogen and oxygen atoms in total. The summed E-state index contributed by atoms with van der Waals surface area (Å²) >= 11 is 0. The van der Waals surface area contributed by atoms with Gasteiger partial charge < -0.3 is 4.90 Å². The van der Waals surface area contributed by atoms with Crippen LogP contribution in [0.4, 0.5) is 15.8 Å². The number of rotatable bonds is 5. The minimum Gasteiger partial charge on any atom is -0.337 e. The molecule has 0 fully saturated rings. The number of nitrogens with zero attached hydrogens (tertiary/aromatic N) is 2. The molecule has 30 heavy (non-hydrogen) atoms. The fourth-order valence-corrected chi connectivity index (χ4v) is 3.68. The highest BCUT2D eigenvalue weighted by molar-refractivity contribution is 6.46. The minimum absolute atomic E-state index is 0.0452. The number of benzene rings is 3. The van der Waals surface area contributed by atoms with Gasteiger partial charge in [-0.15, -0.1) is 0 Å². The molecule has 0 aliphatic carbocycles. The zero-order valence-electron chi connectivity index (χ0n) is 16.8. The summed E-state index contributed by atoms with van der Waals surface area (Å²) in [5.74, 6) is -1.68. The van der Waals surface area contributed by atoms with Crippen LogP contribution in [0.15, 0.2) is 84.6 Å². The molecule has 0 radical (unpaired) electrons. The van der Waals surface area contributed by atoms with Gasteiger partial charge in [-0.3, -0.25) is 9.59 Å². The Balaban J connectivity index is 1.92. The third-order valence-corrected chi connectivity index (χ3v) is 5.15. The number of carbonyl (C=O) groups excluding carboxylic acids is 2. The molecule has 0 aromatic heterocycles. The molecule has 0 saturated heterocycles. The maximum atomic E-state index is 14.5. The summed E-state index contributed by atoms with van der Waals surface area (Å²) in [4.78, 5) is 29.7. The van der Waals surface area contributed by atoms with Gasteiger partial charge in [0.2, 0.25) is 0 Å². The van der Waals surface area contributed by atoms with Crippen LogP contribution in [0.1, 0.15) is 18.1 Å². The molecule has 0 bridgehead atoms. The van der Waals surface area contributed by atoms with Gasteiger partial charge in [0.05, 0.1) is 11.3 Å². The molecular formula is C25H21FN2O2. The van der Waals surface area contributed by atoms with Crippen LogP contribution in [0.2, 0.25) is 0 Å². The molecule has 0 saturated carbocycles. The van der Waals surface area contributed by atoms with Crippen LogP contribution in [0.3, 0.4) is 0 Å². The van der Waals surface area contributed by atoms with E-state index >= 15 is 0 Å². The number of hydrogen-bond donors (Lipinski definition) is 0. The quantitative estimate of drug-likeness (QED) is 0.569. The Labute approximate surface area is 174 Å². The summed E-state index contributed by atoms with van der Waals surface area (Å²) in [5, 5.41) is 0. The summed E-state index contributed by atoms with van der Waals surface area (Å²) in [6, 6.07) is 22.6. The molecule has 1 heterocycles. The van der Waals surface area contributed by atoms with Gasteiger partial charge in [-0.25, -0.2) is 9.29 Å². The highest BCUT2D eigenvalue weighted by Gasteiger charge is 2.43. The van der Waals surface area contributed by atoms with Crippen LogP contribution in [0, 0.1) is 12.7 Å². The number of likely N-dealkylation sites (N-methyl/N-ethyl adjacent to an activating group) is 1. The Morgan fingerprint density at radius 3 is 2.10 bits per heavy atom. The average molecular weight is 400 g/mol. The van der Waals surface area contributed by atoms with Crippen molar-refractivity contribution in [1.29, 1.82) is 0 Å². The number of amides is 2. The highest BCUT2D eigenvalue weighted by Crippen LogP contribution is 2.37. The number of hydrogen-bond acceptors (Lipinski definition) is 3. The van der Waals surface area contributed by atoms with Crippen molar-refractivity contribution in [2.75, 3.05) is 16.3 Å². The number of carbonyl (C=O) groups is 2. The largest absolute Gasteiger partial charge is 0.337 e. The van der Waals surface area contributed by atoms with Gasteiger partial charge in [0.15, 0.2) is 0 Å². The van der Waals surface area contributed by atoms with Gasteiger partial charge in [-0.2, -0.15) is 0 Å². The molecular weight excluding hydrogens is 379 g/mol. The van der Waals surface area contributed by atoms with E-state index in [1.165, 1.54) is 18.2 Å². The smallest absolute Gasteiger partial charge is 0.282 e.